The smallest absolute Gasteiger partial charge is 0.270 e. The lowest BCUT2D eigenvalue weighted by Crippen LogP contribution is -2.50. The first-order chi connectivity index (χ1) is 33.6. The van der Waals surface area contributed by atoms with Gasteiger partial charge in [-0.2, -0.15) is 4.57 Å². The molecule has 0 aliphatic carbocycles. The normalized spacial score (nSPS) is 19.9. The molecule has 5 aromatic rings. The molecule has 7 aliphatic heterocycles. The van der Waals surface area contributed by atoms with Gasteiger partial charge in [-0.25, -0.2) is 0 Å². The maximum absolute atomic E-state index is 13.3. The number of para-hydroxylation sites is 2. The van der Waals surface area contributed by atoms with Gasteiger partial charge in [-0.05, 0) is 91.4 Å². The van der Waals surface area contributed by atoms with Gasteiger partial charge in [-0.15, -0.1) is 11.8 Å². The van der Waals surface area contributed by atoms with E-state index in [1.54, 1.807) is 0 Å². The van der Waals surface area contributed by atoms with E-state index < -0.39 is 0 Å². The van der Waals surface area contributed by atoms with Gasteiger partial charge in [0, 0.05) is 123 Å². The Kier molecular flexibility index (Phi) is 12.0. The summed E-state index contributed by atoms with van der Waals surface area (Å²) in [7, 11) is 0. The molecular weight excluding hydrogens is 885 g/mol. The van der Waals surface area contributed by atoms with E-state index >= 15 is 0 Å². The van der Waals surface area contributed by atoms with Gasteiger partial charge in [-0.3, -0.25) is 9.59 Å². The lowest BCUT2D eigenvalue weighted by molar-refractivity contribution is -0.673. The molecule has 1 N–H and O–H groups in total. The zero-order valence-corrected chi connectivity index (χ0v) is 40.3. The lowest BCUT2D eigenvalue weighted by Gasteiger charge is -2.36. The van der Waals surface area contributed by atoms with E-state index in [1.165, 1.54) is 70.6 Å². The molecule has 10 nitrogen and oxygen atoms in total. The largest absolute Gasteiger partial charge is 0.485 e. The van der Waals surface area contributed by atoms with E-state index in [2.05, 4.69) is 129 Å². The fourth-order valence-electron chi connectivity index (χ4n) is 11.4. The molecule has 0 spiro atoms. The summed E-state index contributed by atoms with van der Waals surface area (Å²) in [5, 5.41) is 4.94. The molecule has 2 amide bonds. The highest BCUT2D eigenvalue weighted by Gasteiger charge is 2.42. The summed E-state index contributed by atoms with van der Waals surface area (Å²) in [5.41, 5.74) is 12.6. The monoisotopic (exact) mass is 943 g/mol. The average molecular weight is 944 g/mol. The fourth-order valence-corrected chi connectivity index (χ4v) is 13.8. The quantitative estimate of drug-likeness (QED) is 0.0979. The second-order valence-electron chi connectivity index (χ2n) is 19.0. The minimum atomic E-state index is 0.0576. The standard InChI is InChI=1S/C56H59N6O4S2/c63-51(21-3-1-9-28-58-30-24-38-40-37-67-49-19-7-5-13-41(49)57-27-23-45(40)65-46-17-11-15-43(58)53(38)46)60-33-35-61(36-34-60)52(64)22-4-2-10-29-59-31-25-39-54-44(59)16-12-18-47(54)66-48-26-32-62-42-14-6-8-20-50(42)68-56(62)55(39)48/h5-8,11-20,24-25,30-31,45,48,57H,1-4,9-10,21-23,26-29,32-37H2/q+1. The van der Waals surface area contributed by atoms with E-state index in [0.717, 1.165) is 94.8 Å². The summed E-state index contributed by atoms with van der Waals surface area (Å²) in [5.74, 6) is 3.28. The van der Waals surface area contributed by atoms with Crippen molar-refractivity contribution in [1.82, 2.24) is 9.80 Å². The van der Waals surface area contributed by atoms with Gasteiger partial charge in [0.2, 0.25) is 17.3 Å². The number of hydrogen-bond donors (Lipinski definition) is 1. The number of allylic oxidation sites excluding steroid dienone is 4. The summed E-state index contributed by atoms with van der Waals surface area (Å²) in [4.78, 5) is 36.5. The number of unbranched alkanes of at least 4 members (excludes halogenated alkanes) is 4. The Morgan fingerprint density at radius 1 is 0.662 bits per heavy atom. The van der Waals surface area contributed by atoms with Crippen LogP contribution in [0.25, 0.3) is 26.9 Å². The van der Waals surface area contributed by atoms with E-state index in [-0.39, 0.29) is 24.0 Å². The highest BCUT2D eigenvalue weighted by Crippen LogP contribution is 2.51. The number of thioether (sulfide) groups is 1. The van der Waals surface area contributed by atoms with Crippen LogP contribution in [0.2, 0.25) is 0 Å². The number of aryl methyl sites for hydroxylation is 1. The molecule has 1 aromatic heterocycles. The van der Waals surface area contributed by atoms with Crippen LogP contribution in [-0.4, -0.2) is 85.4 Å². The van der Waals surface area contributed by atoms with Gasteiger partial charge in [0.05, 0.1) is 16.9 Å². The number of carbonyl (C=O) groups excluding carboxylic acids is 2. The molecule has 1 fully saturated rings. The van der Waals surface area contributed by atoms with Gasteiger partial charge < -0.3 is 34.4 Å². The van der Waals surface area contributed by atoms with Gasteiger partial charge in [0.15, 0.2) is 6.54 Å². The van der Waals surface area contributed by atoms with Gasteiger partial charge in [0.1, 0.15) is 28.4 Å². The van der Waals surface area contributed by atoms with Crippen molar-refractivity contribution in [3.8, 4) is 11.5 Å². The van der Waals surface area contributed by atoms with Crippen LogP contribution in [0.15, 0.2) is 120 Å². The molecule has 348 valence electrons. The first-order valence-electron chi connectivity index (χ1n) is 25.0. The number of piperazine rings is 1. The molecule has 8 heterocycles. The van der Waals surface area contributed by atoms with E-state index in [9.17, 15) is 9.59 Å². The van der Waals surface area contributed by atoms with Crippen LogP contribution in [0.5, 0.6) is 11.5 Å². The van der Waals surface area contributed by atoms with E-state index in [4.69, 9.17) is 9.47 Å². The predicted octanol–water partition coefficient (Wildman–Crippen LogP) is 10.5. The third-order valence-electron chi connectivity index (χ3n) is 14.9. The SMILES string of the molecule is O=C(CCCCCN1C=CC2=C3CSc4ccccc4NCCC3Oc3cccc1c32)N1CCN(C(=O)CCCCCN2C=CC3=C4c5sc6ccccc6[n+]5CCC4Oc4cccc2c43)CC1. The Balaban J connectivity index is 0.576. The number of amides is 2. The highest BCUT2D eigenvalue weighted by molar-refractivity contribution is 7.99. The van der Waals surface area contributed by atoms with E-state index in [1.807, 2.05) is 32.9 Å². The van der Waals surface area contributed by atoms with Crippen LogP contribution in [0.3, 0.4) is 0 Å². The number of anilines is 3. The highest BCUT2D eigenvalue weighted by atomic mass is 32.2. The lowest BCUT2D eigenvalue weighted by atomic mass is 9.87. The van der Waals surface area contributed by atoms with E-state index in [0.29, 0.717) is 39.0 Å². The van der Waals surface area contributed by atoms with Crippen molar-refractivity contribution >= 4 is 78.9 Å². The third kappa shape index (κ3) is 8.16. The Morgan fingerprint density at radius 2 is 1.29 bits per heavy atom. The van der Waals surface area contributed by atoms with Crippen molar-refractivity contribution in [3.63, 3.8) is 0 Å². The zero-order valence-electron chi connectivity index (χ0n) is 38.7. The summed E-state index contributed by atoms with van der Waals surface area (Å²) in [6.45, 7) is 6.12. The number of fused-ring (bicyclic) bond motifs is 7. The number of aromatic nitrogens is 1. The van der Waals surface area contributed by atoms with Crippen LogP contribution in [0.1, 0.15) is 80.3 Å². The molecule has 1 saturated heterocycles. The Bertz CT molecular complexity index is 2910. The number of ether oxygens (including phenoxy) is 2. The number of rotatable bonds is 12. The van der Waals surface area contributed by atoms with Crippen LogP contribution in [-0.2, 0) is 16.1 Å². The molecule has 0 radical (unpaired) electrons. The number of hydrogen-bond acceptors (Lipinski definition) is 9. The molecule has 0 saturated carbocycles. The second-order valence-corrected chi connectivity index (χ2v) is 21.0. The zero-order chi connectivity index (χ0) is 45.6. The van der Waals surface area contributed by atoms with Crippen molar-refractivity contribution in [2.75, 3.05) is 66.7 Å². The third-order valence-corrected chi connectivity index (χ3v) is 17.2. The average Bonchev–Trinajstić information content (AvgIpc) is 3.79. The van der Waals surface area contributed by atoms with Crippen molar-refractivity contribution in [2.24, 2.45) is 0 Å². The number of nitrogens with one attached hydrogen (secondary N) is 1. The van der Waals surface area contributed by atoms with Crippen LogP contribution in [0.4, 0.5) is 17.1 Å². The summed E-state index contributed by atoms with van der Waals surface area (Å²) in [6.07, 6.45) is 18.0. The predicted molar refractivity (Wildman–Crippen MR) is 275 cm³/mol. The fraction of sp³-hybridized carbons (Fsp3) is 0.375. The molecule has 2 unspecified atom stereocenters. The first-order valence-corrected chi connectivity index (χ1v) is 26.8. The Hall–Kier alpha value is -5.98. The molecule has 12 rings (SSSR count). The van der Waals surface area contributed by atoms with Crippen LogP contribution < -0.4 is 29.2 Å². The first kappa shape index (κ1) is 43.3. The van der Waals surface area contributed by atoms with Crippen molar-refractivity contribution in [2.45, 2.75) is 87.9 Å². The van der Waals surface area contributed by atoms with Crippen molar-refractivity contribution < 1.29 is 23.6 Å². The minimum absolute atomic E-state index is 0.0576. The van der Waals surface area contributed by atoms with Crippen molar-refractivity contribution in [1.29, 1.82) is 0 Å². The minimum Gasteiger partial charge on any atom is -0.485 e. The maximum Gasteiger partial charge on any atom is 0.270 e. The second kappa shape index (κ2) is 18.8. The number of carbonyl (C=O) groups is 2. The molecule has 68 heavy (non-hydrogen) atoms. The van der Waals surface area contributed by atoms with Gasteiger partial charge in [-0.1, -0.05) is 60.6 Å². The summed E-state index contributed by atoms with van der Waals surface area (Å²) < 4.78 is 17.2. The molecule has 12 heteroatoms. The summed E-state index contributed by atoms with van der Waals surface area (Å²) >= 11 is 3.76. The maximum atomic E-state index is 13.3. The number of benzene rings is 4. The number of thiazole rings is 1. The Labute approximate surface area is 407 Å². The van der Waals surface area contributed by atoms with Crippen LogP contribution in [0, 0.1) is 0 Å². The molecule has 4 aromatic carbocycles. The Morgan fingerprint density at radius 3 is 2.01 bits per heavy atom. The molecule has 2 atom stereocenters. The van der Waals surface area contributed by atoms with Gasteiger partial charge >= 0.3 is 0 Å². The summed E-state index contributed by atoms with van der Waals surface area (Å²) in [6, 6.07) is 30.2. The number of nitrogens with zero attached hydrogens (tertiary/aromatic N) is 5. The van der Waals surface area contributed by atoms with Crippen LogP contribution >= 0.6 is 23.1 Å². The topological polar surface area (TPSA) is 81.5 Å². The molecule has 0 bridgehead atoms. The van der Waals surface area contributed by atoms with Crippen molar-refractivity contribution in [3.05, 3.63) is 131 Å². The molecular formula is C56H59N6O4S2+. The molecule has 7 aliphatic rings. The van der Waals surface area contributed by atoms with Gasteiger partial charge in [0.25, 0.3) is 5.01 Å².